The van der Waals surface area contributed by atoms with Crippen LogP contribution in [0.15, 0.2) is 54.6 Å². The Kier molecular flexibility index (Phi) is 6.74. The fraction of sp³-hybridized carbons (Fsp3) is 0.364. The van der Waals surface area contributed by atoms with E-state index in [1.807, 2.05) is 25.1 Å². The molecule has 27 heavy (non-hydrogen) atoms. The zero-order valence-electron chi connectivity index (χ0n) is 15.9. The highest BCUT2D eigenvalue weighted by atomic mass is 16.2. The number of piperazine rings is 1. The molecule has 1 fully saturated rings. The van der Waals surface area contributed by atoms with E-state index in [-0.39, 0.29) is 0 Å². The van der Waals surface area contributed by atoms with Crippen molar-refractivity contribution in [1.82, 2.24) is 15.1 Å². The van der Waals surface area contributed by atoms with Crippen molar-refractivity contribution in [3.8, 4) is 0 Å². The monoisotopic (exact) mass is 365 g/mol. The molecule has 1 aliphatic heterocycles. The number of carbonyl (C=O) groups excluding carboxylic acids is 2. The lowest BCUT2D eigenvalue weighted by Crippen LogP contribution is -2.48. The van der Waals surface area contributed by atoms with Crippen LogP contribution >= 0.6 is 0 Å². The minimum atomic E-state index is -0.526. The van der Waals surface area contributed by atoms with Crippen LogP contribution in [0.1, 0.15) is 21.5 Å². The quantitative estimate of drug-likeness (QED) is 0.603. The van der Waals surface area contributed by atoms with Gasteiger partial charge in [0.15, 0.2) is 0 Å². The molecule has 1 aliphatic rings. The highest BCUT2D eigenvalue weighted by molar-refractivity contribution is 6.42. The van der Waals surface area contributed by atoms with Crippen molar-refractivity contribution in [3.63, 3.8) is 0 Å². The van der Waals surface area contributed by atoms with Crippen molar-refractivity contribution in [2.75, 3.05) is 39.3 Å². The summed E-state index contributed by atoms with van der Waals surface area (Å²) in [6, 6.07) is 17.6. The largest absolute Gasteiger partial charge is 0.348 e. The van der Waals surface area contributed by atoms with E-state index in [0.717, 1.165) is 44.8 Å². The number of Topliss-reactive ketones (excluding diaryl/α,β-unsaturated/α-hetero) is 1. The second-order valence-corrected chi connectivity index (χ2v) is 7.05. The summed E-state index contributed by atoms with van der Waals surface area (Å²) in [7, 11) is 0. The van der Waals surface area contributed by atoms with Gasteiger partial charge in [0, 0.05) is 51.4 Å². The van der Waals surface area contributed by atoms with Crippen molar-refractivity contribution >= 4 is 11.7 Å². The number of benzene rings is 2. The Balaban J connectivity index is 1.36. The van der Waals surface area contributed by atoms with Crippen molar-refractivity contribution in [2.24, 2.45) is 0 Å². The van der Waals surface area contributed by atoms with Crippen LogP contribution in [0, 0.1) is 6.92 Å². The fourth-order valence-electron chi connectivity index (χ4n) is 3.26. The molecule has 0 aromatic heterocycles. The van der Waals surface area contributed by atoms with Gasteiger partial charge >= 0.3 is 0 Å². The molecular formula is C22H27N3O2. The van der Waals surface area contributed by atoms with E-state index in [2.05, 4.69) is 39.4 Å². The smallest absolute Gasteiger partial charge is 0.292 e. The fourth-order valence-corrected chi connectivity index (χ4v) is 3.26. The maximum Gasteiger partial charge on any atom is 0.292 e. The summed E-state index contributed by atoms with van der Waals surface area (Å²) in [6.07, 6.45) is 0. The van der Waals surface area contributed by atoms with Crippen LogP contribution in [-0.2, 0) is 11.3 Å². The van der Waals surface area contributed by atoms with Gasteiger partial charge in [-0.1, -0.05) is 60.2 Å². The molecule has 0 spiro atoms. The molecule has 0 aliphatic carbocycles. The summed E-state index contributed by atoms with van der Waals surface area (Å²) >= 11 is 0. The molecule has 0 radical (unpaired) electrons. The van der Waals surface area contributed by atoms with Gasteiger partial charge in [0.25, 0.3) is 5.91 Å². The van der Waals surface area contributed by atoms with E-state index in [1.54, 1.807) is 12.1 Å². The second kappa shape index (κ2) is 9.44. The maximum absolute atomic E-state index is 12.1. The number of nitrogens with zero attached hydrogens (tertiary/aromatic N) is 2. The summed E-state index contributed by atoms with van der Waals surface area (Å²) in [4.78, 5) is 28.9. The molecule has 3 rings (SSSR count). The first-order valence-corrected chi connectivity index (χ1v) is 9.49. The predicted octanol–water partition coefficient (Wildman–Crippen LogP) is 2.11. The van der Waals surface area contributed by atoms with Crippen LogP contribution in [0.25, 0.3) is 0 Å². The number of nitrogens with one attached hydrogen (secondary N) is 1. The van der Waals surface area contributed by atoms with Crippen LogP contribution in [0.5, 0.6) is 0 Å². The number of carbonyl (C=O) groups is 2. The van der Waals surface area contributed by atoms with E-state index in [4.69, 9.17) is 0 Å². The molecule has 0 atom stereocenters. The molecule has 2 aromatic carbocycles. The molecule has 5 heteroatoms. The molecular weight excluding hydrogens is 338 g/mol. The summed E-state index contributed by atoms with van der Waals surface area (Å²) < 4.78 is 0. The zero-order chi connectivity index (χ0) is 19.1. The Morgan fingerprint density at radius 1 is 0.889 bits per heavy atom. The molecule has 0 bridgehead atoms. The minimum absolute atomic E-state index is 0.438. The number of rotatable bonds is 7. The molecule has 5 nitrogen and oxygen atoms in total. The number of amides is 1. The first kappa shape index (κ1) is 19.3. The molecule has 0 unspecified atom stereocenters. The number of ketones is 1. The highest BCUT2D eigenvalue weighted by Crippen LogP contribution is 2.08. The van der Waals surface area contributed by atoms with Crippen LogP contribution < -0.4 is 5.32 Å². The number of hydrogen-bond donors (Lipinski definition) is 1. The lowest BCUT2D eigenvalue weighted by atomic mass is 10.1. The minimum Gasteiger partial charge on any atom is -0.348 e. The third-order valence-electron chi connectivity index (χ3n) is 4.95. The van der Waals surface area contributed by atoms with Gasteiger partial charge < -0.3 is 5.32 Å². The van der Waals surface area contributed by atoms with Crippen molar-refractivity contribution < 1.29 is 9.59 Å². The molecule has 1 heterocycles. The van der Waals surface area contributed by atoms with Gasteiger partial charge in [0.1, 0.15) is 0 Å². The third-order valence-corrected chi connectivity index (χ3v) is 4.95. The molecule has 1 amide bonds. The molecule has 1 saturated heterocycles. The molecule has 1 N–H and O–H groups in total. The Labute approximate surface area is 161 Å². The van der Waals surface area contributed by atoms with Crippen LogP contribution in [0.4, 0.5) is 0 Å². The van der Waals surface area contributed by atoms with E-state index < -0.39 is 11.7 Å². The first-order valence-electron chi connectivity index (χ1n) is 9.49. The van der Waals surface area contributed by atoms with Crippen molar-refractivity contribution in [2.45, 2.75) is 13.5 Å². The zero-order valence-corrected chi connectivity index (χ0v) is 15.9. The lowest BCUT2D eigenvalue weighted by molar-refractivity contribution is -0.117. The normalized spacial score (nSPS) is 15.4. The van der Waals surface area contributed by atoms with Crippen molar-refractivity contribution in [1.29, 1.82) is 0 Å². The topological polar surface area (TPSA) is 52.7 Å². The van der Waals surface area contributed by atoms with E-state index in [0.29, 0.717) is 12.1 Å². The summed E-state index contributed by atoms with van der Waals surface area (Å²) in [5.41, 5.74) is 2.85. The summed E-state index contributed by atoms with van der Waals surface area (Å²) in [5.74, 6) is -0.996. The van der Waals surface area contributed by atoms with E-state index >= 15 is 0 Å². The average Bonchev–Trinajstić information content (AvgIpc) is 2.70. The Bertz CT molecular complexity index is 751. The highest BCUT2D eigenvalue weighted by Gasteiger charge is 2.18. The Morgan fingerprint density at radius 3 is 2.19 bits per heavy atom. The van der Waals surface area contributed by atoms with Gasteiger partial charge in [-0.2, -0.15) is 0 Å². The van der Waals surface area contributed by atoms with E-state index in [9.17, 15) is 9.59 Å². The van der Waals surface area contributed by atoms with Gasteiger partial charge in [-0.3, -0.25) is 19.4 Å². The van der Waals surface area contributed by atoms with Crippen LogP contribution in [0.3, 0.4) is 0 Å². The first-order chi connectivity index (χ1) is 13.1. The van der Waals surface area contributed by atoms with E-state index in [1.165, 1.54) is 5.56 Å². The summed E-state index contributed by atoms with van der Waals surface area (Å²) in [5, 5.41) is 2.75. The van der Waals surface area contributed by atoms with Gasteiger partial charge in [0.2, 0.25) is 5.78 Å². The predicted molar refractivity (Wildman–Crippen MR) is 107 cm³/mol. The van der Waals surface area contributed by atoms with Crippen LogP contribution in [-0.4, -0.2) is 60.8 Å². The van der Waals surface area contributed by atoms with Crippen molar-refractivity contribution in [3.05, 3.63) is 71.3 Å². The van der Waals surface area contributed by atoms with Gasteiger partial charge in [-0.15, -0.1) is 0 Å². The summed E-state index contributed by atoms with van der Waals surface area (Å²) in [6.45, 7) is 8.20. The third kappa shape index (κ3) is 5.74. The van der Waals surface area contributed by atoms with Gasteiger partial charge in [0.05, 0.1) is 0 Å². The number of aryl methyl sites for hydroxylation is 1. The van der Waals surface area contributed by atoms with Gasteiger partial charge in [-0.05, 0) is 12.5 Å². The Morgan fingerprint density at radius 2 is 1.52 bits per heavy atom. The average molecular weight is 365 g/mol. The number of hydrogen-bond acceptors (Lipinski definition) is 4. The SMILES string of the molecule is Cc1ccc(C(=O)C(=O)NCCN2CCN(Cc3ccccc3)CC2)cc1. The molecule has 2 aromatic rings. The molecule has 142 valence electrons. The van der Waals surface area contributed by atoms with Crippen LogP contribution in [0.2, 0.25) is 0 Å². The standard InChI is InChI=1S/C22H27N3O2/c1-18-7-9-20(10-8-18)21(26)22(27)23-11-12-24-13-15-25(16-14-24)17-19-5-3-2-4-6-19/h2-10H,11-17H2,1H3,(H,23,27). The molecule has 0 saturated carbocycles. The van der Waals surface area contributed by atoms with Gasteiger partial charge in [-0.25, -0.2) is 0 Å². The second-order valence-electron chi connectivity index (χ2n) is 7.05. The Hall–Kier alpha value is -2.50. The maximum atomic E-state index is 12.1. The lowest BCUT2D eigenvalue weighted by Gasteiger charge is -2.34.